The van der Waals surface area contributed by atoms with Crippen molar-refractivity contribution < 1.29 is 34.3 Å². The summed E-state index contributed by atoms with van der Waals surface area (Å²) in [5.41, 5.74) is 0.153. The minimum absolute atomic E-state index is 0.0152. The number of hydrogen-bond donors (Lipinski definition) is 4. The Kier molecular flexibility index (Phi) is 8.81. The van der Waals surface area contributed by atoms with E-state index >= 15 is 0 Å². The summed E-state index contributed by atoms with van der Waals surface area (Å²) >= 11 is 0. The Labute approximate surface area is 204 Å². The Bertz CT molecular complexity index is 967. The molecule has 2 aliphatic heterocycles. The molecule has 1 aromatic rings. The Balaban J connectivity index is 1.66. The van der Waals surface area contributed by atoms with Crippen LogP contribution in [0.15, 0.2) is 28.7 Å². The Hall–Kier alpha value is -2.19. The smallest absolute Gasteiger partial charge is 0.351 e. The maximum atomic E-state index is 12.6. The zero-order valence-corrected chi connectivity index (χ0v) is 20.9. The highest BCUT2D eigenvalue weighted by Gasteiger charge is 2.47. The number of nitrogens with zero attached hydrogens (tertiary/aromatic N) is 3. The van der Waals surface area contributed by atoms with Crippen LogP contribution >= 0.6 is 0 Å². The van der Waals surface area contributed by atoms with E-state index in [0.29, 0.717) is 0 Å². The van der Waals surface area contributed by atoms with Gasteiger partial charge in [0.15, 0.2) is 6.29 Å². The molecule has 2 saturated heterocycles. The highest BCUT2D eigenvalue weighted by Crippen LogP contribution is 2.32. The van der Waals surface area contributed by atoms with Gasteiger partial charge in [-0.2, -0.15) is 4.98 Å². The molecule has 196 valence electrons. The largest absolute Gasteiger partial charge is 0.390 e. The first kappa shape index (κ1) is 27.4. The van der Waals surface area contributed by atoms with E-state index in [1.54, 1.807) is 46.7 Å². The summed E-state index contributed by atoms with van der Waals surface area (Å²) in [5, 5.41) is 34.4. The molecule has 3 heterocycles. The molecule has 3 rings (SSSR count). The number of carbonyl (C=O) groups excluding carboxylic acids is 1. The summed E-state index contributed by atoms with van der Waals surface area (Å²) in [6.45, 7) is 7.00. The third kappa shape index (κ3) is 6.33. The maximum absolute atomic E-state index is 12.6. The number of ether oxygens (including phenoxy) is 3. The fourth-order valence-corrected chi connectivity index (χ4v) is 4.55. The summed E-state index contributed by atoms with van der Waals surface area (Å²) in [4.78, 5) is 30.1. The molecule has 0 saturated carbocycles. The molecule has 1 amide bonds. The molecule has 12 heteroatoms. The van der Waals surface area contributed by atoms with E-state index in [2.05, 4.69) is 10.3 Å². The summed E-state index contributed by atoms with van der Waals surface area (Å²) < 4.78 is 18.8. The van der Waals surface area contributed by atoms with Gasteiger partial charge in [-0.3, -0.25) is 9.36 Å². The van der Waals surface area contributed by atoms with Gasteiger partial charge in [0.1, 0.15) is 30.4 Å². The van der Waals surface area contributed by atoms with E-state index in [4.69, 9.17) is 14.2 Å². The van der Waals surface area contributed by atoms with E-state index in [9.17, 15) is 24.9 Å². The molecule has 1 aromatic heterocycles. The number of anilines is 1. The number of nitrogens with one attached hydrogen (secondary N) is 1. The van der Waals surface area contributed by atoms with Crippen molar-refractivity contribution in [1.82, 2.24) is 14.5 Å². The number of aliphatic hydroxyl groups is 3. The second-order valence-corrected chi connectivity index (χ2v) is 9.56. The number of rotatable bonds is 6. The number of allylic oxidation sites excluding steroid dienone is 1. The molecule has 12 nitrogen and oxygen atoms in total. The van der Waals surface area contributed by atoms with Crippen molar-refractivity contribution in [2.75, 3.05) is 19.4 Å². The average molecular weight is 497 g/mol. The number of aliphatic hydroxyl groups excluding tert-OH is 3. The van der Waals surface area contributed by atoms with Crippen molar-refractivity contribution in [1.29, 1.82) is 0 Å². The number of amides is 1. The molecule has 2 fully saturated rings. The molecular formula is C23H36N4O8. The van der Waals surface area contributed by atoms with Crippen molar-refractivity contribution in [3.8, 4) is 0 Å². The quantitative estimate of drug-likeness (QED) is 0.382. The van der Waals surface area contributed by atoms with Gasteiger partial charge in [-0.1, -0.05) is 5.57 Å². The van der Waals surface area contributed by atoms with E-state index < -0.39 is 66.8 Å². The SMILES string of the molecule is CC(C)=CC(=O)Nc1ccn([C@H]2C[C@@H](O)[C@H](O[C@@H]3OC(C)[C@H](N(C)C)[C@H](O)C3O)C(C)O2)c(=O)n1. The van der Waals surface area contributed by atoms with Gasteiger partial charge in [-0.25, -0.2) is 4.79 Å². The first-order valence-corrected chi connectivity index (χ1v) is 11.6. The summed E-state index contributed by atoms with van der Waals surface area (Å²) in [7, 11) is 3.56. The molecule has 0 bridgehead atoms. The van der Waals surface area contributed by atoms with E-state index in [1.807, 2.05) is 0 Å². The summed E-state index contributed by atoms with van der Waals surface area (Å²) in [6, 6.07) is 1.05. The predicted octanol–water partition coefficient (Wildman–Crippen LogP) is -0.402. The Morgan fingerprint density at radius 3 is 2.46 bits per heavy atom. The van der Waals surface area contributed by atoms with Crippen molar-refractivity contribution in [3.63, 3.8) is 0 Å². The number of carbonyl (C=O) groups is 1. The standard InChI is InChI=1S/C23H36N4O8/c1-11(2)9-16(29)24-15-7-8-27(23(32)25-15)17-10-14(28)21(13(4)33-17)35-22-20(31)19(30)18(26(5)6)12(3)34-22/h7-9,12-14,17-22,28,30-31H,10H2,1-6H3,(H,24,25,29,32)/t12?,13?,14-,17-,18+,19+,20?,21-,22+/m1/s1. The average Bonchev–Trinajstić information content (AvgIpc) is 2.73. The van der Waals surface area contributed by atoms with Crippen LogP contribution in [-0.4, -0.2) is 98.7 Å². The van der Waals surface area contributed by atoms with Crippen LogP contribution in [-0.2, 0) is 19.0 Å². The fourth-order valence-electron chi connectivity index (χ4n) is 4.55. The molecule has 0 radical (unpaired) electrons. The van der Waals surface area contributed by atoms with Gasteiger partial charge in [0.2, 0.25) is 5.91 Å². The van der Waals surface area contributed by atoms with Gasteiger partial charge >= 0.3 is 5.69 Å². The zero-order chi connectivity index (χ0) is 26.0. The fraction of sp³-hybridized carbons (Fsp3) is 0.696. The molecule has 0 aromatic carbocycles. The van der Waals surface area contributed by atoms with Crippen molar-refractivity contribution >= 4 is 11.7 Å². The first-order chi connectivity index (χ1) is 16.4. The molecule has 35 heavy (non-hydrogen) atoms. The molecule has 3 unspecified atom stereocenters. The minimum Gasteiger partial charge on any atom is -0.390 e. The normalized spacial score (nSPS) is 35.5. The topological polar surface area (TPSA) is 156 Å². The Morgan fingerprint density at radius 2 is 1.89 bits per heavy atom. The molecule has 9 atom stereocenters. The number of likely N-dealkylation sites (N-methyl/N-ethyl adjacent to an activating group) is 1. The van der Waals surface area contributed by atoms with E-state index in [1.165, 1.54) is 22.9 Å². The lowest BCUT2D eigenvalue weighted by atomic mass is 9.95. The monoisotopic (exact) mass is 496 g/mol. The van der Waals surface area contributed by atoms with Crippen LogP contribution in [0.3, 0.4) is 0 Å². The molecule has 0 spiro atoms. The third-order valence-corrected chi connectivity index (χ3v) is 6.16. The molecule has 4 N–H and O–H groups in total. The molecule has 2 aliphatic rings. The molecule has 0 aliphatic carbocycles. The van der Waals surface area contributed by atoms with Crippen LogP contribution < -0.4 is 11.0 Å². The van der Waals surface area contributed by atoms with Gasteiger partial charge in [-0.15, -0.1) is 0 Å². The van der Waals surface area contributed by atoms with Crippen LogP contribution in [0.5, 0.6) is 0 Å². The van der Waals surface area contributed by atoms with E-state index in [-0.39, 0.29) is 12.2 Å². The van der Waals surface area contributed by atoms with Gasteiger partial charge in [-0.05, 0) is 47.9 Å². The van der Waals surface area contributed by atoms with Crippen molar-refractivity contribution in [2.45, 2.75) is 89.3 Å². The highest BCUT2D eigenvalue weighted by atomic mass is 16.7. The van der Waals surface area contributed by atoms with Crippen LogP contribution in [0.4, 0.5) is 5.82 Å². The lowest BCUT2D eigenvalue weighted by Crippen LogP contribution is -2.63. The lowest BCUT2D eigenvalue weighted by Gasteiger charge is -2.46. The van der Waals surface area contributed by atoms with Gasteiger partial charge in [0, 0.05) is 18.7 Å². The van der Waals surface area contributed by atoms with Crippen LogP contribution in [0.1, 0.15) is 40.3 Å². The Morgan fingerprint density at radius 1 is 1.20 bits per heavy atom. The van der Waals surface area contributed by atoms with Crippen LogP contribution in [0.2, 0.25) is 0 Å². The van der Waals surface area contributed by atoms with Gasteiger partial charge in [0.05, 0.1) is 24.4 Å². The predicted molar refractivity (Wildman–Crippen MR) is 125 cm³/mol. The van der Waals surface area contributed by atoms with E-state index in [0.717, 1.165) is 5.57 Å². The summed E-state index contributed by atoms with van der Waals surface area (Å²) in [6.07, 6.45) is -4.60. The van der Waals surface area contributed by atoms with Crippen molar-refractivity contribution in [2.24, 2.45) is 0 Å². The lowest BCUT2D eigenvalue weighted by molar-refractivity contribution is -0.322. The van der Waals surface area contributed by atoms with Gasteiger partial charge < -0.3 is 39.7 Å². The van der Waals surface area contributed by atoms with Crippen molar-refractivity contribution in [3.05, 3.63) is 34.4 Å². The zero-order valence-electron chi connectivity index (χ0n) is 20.9. The second kappa shape index (κ2) is 11.2. The summed E-state index contributed by atoms with van der Waals surface area (Å²) in [5.74, 6) is -0.289. The third-order valence-electron chi connectivity index (χ3n) is 6.16. The van der Waals surface area contributed by atoms with Crippen LogP contribution in [0, 0.1) is 0 Å². The second-order valence-electron chi connectivity index (χ2n) is 9.56. The maximum Gasteiger partial charge on any atom is 0.351 e. The number of hydrogen-bond acceptors (Lipinski definition) is 10. The van der Waals surface area contributed by atoms with Gasteiger partial charge in [0.25, 0.3) is 0 Å². The van der Waals surface area contributed by atoms with Crippen LogP contribution in [0.25, 0.3) is 0 Å². The molecular weight excluding hydrogens is 460 g/mol. The first-order valence-electron chi connectivity index (χ1n) is 11.6. The minimum atomic E-state index is -1.32. The number of aromatic nitrogens is 2. The highest BCUT2D eigenvalue weighted by molar-refractivity contribution is 5.98.